The molecule has 12 heavy (non-hydrogen) atoms. The van der Waals surface area contributed by atoms with Gasteiger partial charge >= 0.3 is 0 Å². The van der Waals surface area contributed by atoms with Gasteiger partial charge in [-0.2, -0.15) is 0 Å². The zero-order chi connectivity index (χ0) is 10.6. The first kappa shape index (κ1) is 17.3. The molecule has 74 valence electrons. The number of aliphatic hydroxyl groups excluding tert-OH is 3. The van der Waals surface area contributed by atoms with E-state index >= 15 is 0 Å². The summed E-state index contributed by atoms with van der Waals surface area (Å²) in [6.07, 6.45) is -0.954. The summed E-state index contributed by atoms with van der Waals surface area (Å²) in [5, 5.41) is 24.0. The molecule has 0 atom stereocenters. The van der Waals surface area contributed by atoms with Crippen molar-refractivity contribution in [1.82, 2.24) is 0 Å². The lowest BCUT2D eigenvalue weighted by molar-refractivity contribution is -0.115. The van der Waals surface area contributed by atoms with E-state index in [1.807, 2.05) is 6.79 Å². The Morgan fingerprint density at radius 1 is 1.25 bits per heavy atom. The van der Waals surface area contributed by atoms with Gasteiger partial charge in [-0.05, 0) is 13.8 Å². The molecule has 3 N–H and O–H groups in total. The second kappa shape index (κ2) is 16.7. The molecule has 0 unspecified atom stereocenters. The fourth-order valence-electron chi connectivity index (χ4n) is 0.0577. The number of aliphatic hydroxyl groups is 3. The Bertz CT molecular complexity index is 85.8. The fraction of sp³-hybridized carbons (Fsp3) is 0.714. The maximum atomic E-state index is 9.44. The van der Waals surface area contributed by atoms with Gasteiger partial charge < -0.3 is 24.9 Å². The van der Waals surface area contributed by atoms with Crippen molar-refractivity contribution in [1.29, 1.82) is 0 Å². The van der Waals surface area contributed by atoms with Crippen LogP contribution in [0, 0.1) is 0 Å². The van der Waals surface area contributed by atoms with E-state index in [-0.39, 0.29) is 19.0 Å². The van der Waals surface area contributed by atoms with Crippen LogP contribution in [0.1, 0.15) is 13.8 Å². The summed E-state index contributed by atoms with van der Waals surface area (Å²) in [5.41, 5.74) is 0. The monoisotopic (exact) mass is 180 g/mol. The molecule has 5 nitrogen and oxygen atoms in total. The van der Waals surface area contributed by atoms with Gasteiger partial charge in [-0.1, -0.05) is 0 Å². The van der Waals surface area contributed by atoms with Crippen LogP contribution in [-0.4, -0.2) is 47.2 Å². The van der Waals surface area contributed by atoms with Crippen molar-refractivity contribution in [3.05, 3.63) is 0 Å². The van der Waals surface area contributed by atoms with E-state index in [4.69, 9.17) is 20.1 Å². The van der Waals surface area contributed by atoms with E-state index in [0.717, 1.165) is 0 Å². The predicted molar refractivity (Wildman–Crippen MR) is 43.7 cm³/mol. The summed E-state index contributed by atoms with van der Waals surface area (Å²) in [6, 6.07) is 0. The highest BCUT2D eigenvalue weighted by Gasteiger charge is 1.93. The largest absolute Gasteiger partial charge is 0.394 e. The molecule has 0 radical (unpaired) electrons. The summed E-state index contributed by atoms with van der Waals surface area (Å²) in [5.74, 6) is 0.167. The molecule has 0 aliphatic carbocycles. The summed E-state index contributed by atoms with van der Waals surface area (Å²) in [4.78, 5) is 17.4. The minimum atomic E-state index is -0.954. The molecule has 0 spiro atoms. The maximum Gasteiger partial charge on any atom is 0.126 e. The van der Waals surface area contributed by atoms with Crippen LogP contribution >= 0.6 is 0 Å². The van der Waals surface area contributed by atoms with Crippen LogP contribution in [0.2, 0.25) is 0 Å². The van der Waals surface area contributed by atoms with Crippen LogP contribution in [0.4, 0.5) is 0 Å². The second-order valence-corrected chi connectivity index (χ2v) is 1.93. The molecule has 0 bridgehead atoms. The Kier molecular flexibility index (Phi) is 24.1. The van der Waals surface area contributed by atoms with Gasteiger partial charge in [0, 0.05) is 0 Å². The summed E-state index contributed by atoms with van der Waals surface area (Å²) in [6.45, 7) is 4.33. The third-order valence-corrected chi connectivity index (χ3v) is 0.421. The van der Waals surface area contributed by atoms with Crippen molar-refractivity contribution in [2.24, 2.45) is 0 Å². The van der Waals surface area contributed by atoms with Crippen LogP contribution in [0.15, 0.2) is 0 Å². The predicted octanol–water partition coefficient (Wildman–Crippen LogP) is -1.26. The third-order valence-electron chi connectivity index (χ3n) is 0.421. The van der Waals surface area contributed by atoms with Gasteiger partial charge in [-0.15, -0.1) is 0 Å². The Hall–Kier alpha value is -0.780. The van der Waals surface area contributed by atoms with Gasteiger partial charge in [-0.25, -0.2) is 0 Å². The minimum absolute atomic E-state index is 0.167. The van der Waals surface area contributed by atoms with Gasteiger partial charge in [-0.3, -0.25) is 0 Å². The standard InChI is InChI=1S/C3H8O3.C3H6O.CH2O/c4-1-3(6)2-5;1-3(2)4;1-2/h3-6H,1-2H2;1-2H3;1H2. The van der Waals surface area contributed by atoms with Crippen molar-refractivity contribution in [3.63, 3.8) is 0 Å². The van der Waals surface area contributed by atoms with Crippen LogP contribution in [0.25, 0.3) is 0 Å². The zero-order valence-corrected chi connectivity index (χ0v) is 7.36. The van der Waals surface area contributed by atoms with Gasteiger partial charge in [0.25, 0.3) is 0 Å². The molecule has 0 aromatic heterocycles. The summed E-state index contributed by atoms with van der Waals surface area (Å²) in [7, 11) is 0. The van der Waals surface area contributed by atoms with Crippen LogP contribution in [-0.2, 0) is 9.59 Å². The highest BCUT2D eigenvalue weighted by molar-refractivity contribution is 5.72. The first-order valence-electron chi connectivity index (χ1n) is 3.20. The average Bonchev–Trinajstić information content (AvgIpc) is 2.06. The van der Waals surface area contributed by atoms with Crippen molar-refractivity contribution >= 4 is 12.6 Å². The number of Topliss-reactive ketones (excluding diaryl/α,β-unsaturated/α-hetero) is 1. The first-order chi connectivity index (χ1) is 5.54. The molecular formula is C7H16O5. The SMILES string of the molecule is C=O.CC(C)=O.OCC(O)CO. The Morgan fingerprint density at radius 3 is 1.42 bits per heavy atom. The van der Waals surface area contributed by atoms with E-state index in [2.05, 4.69) is 0 Å². The topological polar surface area (TPSA) is 94.8 Å². The van der Waals surface area contributed by atoms with Crippen molar-refractivity contribution in [2.45, 2.75) is 20.0 Å². The van der Waals surface area contributed by atoms with E-state index < -0.39 is 6.10 Å². The number of rotatable bonds is 2. The normalized spacial score (nSPS) is 7.50. The molecule has 0 fully saturated rings. The molecule has 0 saturated heterocycles. The van der Waals surface area contributed by atoms with E-state index in [9.17, 15) is 4.79 Å². The lowest BCUT2D eigenvalue weighted by Gasteiger charge is -1.96. The Morgan fingerprint density at radius 2 is 1.42 bits per heavy atom. The van der Waals surface area contributed by atoms with Gasteiger partial charge in [0.05, 0.1) is 13.2 Å². The average molecular weight is 180 g/mol. The highest BCUT2D eigenvalue weighted by atomic mass is 16.3. The molecule has 0 aromatic rings. The van der Waals surface area contributed by atoms with Crippen molar-refractivity contribution in [3.8, 4) is 0 Å². The lowest BCUT2D eigenvalue weighted by Crippen LogP contribution is -2.15. The van der Waals surface area contributed by atoms with E-state index in [1.54, 1.807) is 0 Å². The number of hydrogen-bond donors (Lipinski definition) is 3. The molecule has 0 rings (SSSR count). The van der Waals surface area contributed by atoms with Crippen LogP contribution in [0.5, 0.6) is 0 Å². The molecule has 0 amide bonds. The van der Waals surface area contributed by atoms with E-state index in [1.165, 1.54) is 13.8 Å². The lowest BCUT2D eigenvalue weighted by atomic mass is 10.4. The van der Waals surface area contributed by atoms with Crippen LogP contribution < -0.4 is 0 Å². The number of ketones is 1. The van der Waals surface area contributed by atoms with Crippen LogP contribution in [0.3, 0.4) is 0 Å². The summed E-state index contributed by atoms with van der Waals surface area (Å²) < 4.78 is 0. The number of carbonyl (C=O) groups is 2. The smallest absolute Gasteiger partial charge is 0.126 e. The first-order valence-corrected chi connectivity index (χ1v) is 3.20. The Balaban J connectivity index is -0.000000118. The zero-order valence-electron chi connectivity index (χ0n) is 7.36. The fourth-order valence-corrected chi connectivity index (χ4v) is 0.0577. The van der Waals surface area contributed by atoms with Crippen molar-refractivity contribution < 1.29 is 24.9 Å². The Labute approximate surface area is 71.6 Å². The minimum Gasteiger partial charge on any atom is -0.394 e. The van der Waals surface area contributed by atoms with Gasteiger partial charge in [0.15, 0.2) is 0 Å². The quantitative estimate of drug-likeness (QED) is 0.493. The van der Waals surface area contributed by atoms with Crippen molar-refractivity contribution in [2.75, 3.05) is 13.2 Å². The number of hydrogen-bond acceptors (Lipinski definition) is 5. The molecular weight excluding hydrogens is 164 g/mol. The molecule has 0 saturated carbocycles. The molecule has 5 heteroatoms. The second-order valence-electron chi connectivity index (χ2n) is 1.93. The number of carbonyl (C=O) groups excluding carboxylic acids is 2. The molecule has 0 aliphatic heterocycles. The third kappa shape index (κ3) is 60.1. The van der Waals surface area contributed by atoms with Gasteiger partial charge in [0.1, 0.15) is 18.7 Å². The van der Waals surface area contributed by atoms with E-state index in [0.29, 0.717) is 0 Å². The molecule has 0 aromatic carbocycles. The maximum absolute atomic E-state index is 9.44. The highest BCUT2D eigenvalue weighted by Crippen LogP contribution is 1.71. The van der Waals surface area contributed by atoms with Gasteiger partial charge in [0.2, 0.25) is 0 Å². The molecule has 0 heterocycles. The molecule has 0 aliphatic rings. The summed E-state index contributed by atoms with van der Waals surface area (Å²) >= 11 is 0.